The summed E-state index contributed by atoms with van der Waals surface area (Å²) < 4.78 is 2.16. The highest BCUT2D eigenvalue weighted by atomic mass is 14.9. The summed E-state index contributed by atoms with van der Waals surface area (Å²) in [4.78, 5) is 0. The maximum atomic E-state index is 5.85. The molecule has 1 aromatic heterocycles. The van der Waals surface area contributed by atoms with Crippen LogP contribution >= 0.6 is 0 Å². The summed E-state index contributed by atoms with van der Waals surface area (Å²) in [6.07, 6.45) is 7.63. The first-order chi connectivity index (χ1) is 8.74. The van der Waals surface area contributed by atoms with E-state index in [4.69, 9.17) is 5.73 Å². The van der Waals surface area contributed by atoms with Gasteiger partial charge in [-0.05, 0) is 30.5 Å². The Morgan fingerprint density at radius 3 is 2.89 bits per heavy atom. The van der Waals surface area contributed by atoms with E-state index in [1.54, 1.807) is 0 Å². The highest BCUT2D eigenvalue weighted by Gasteiger charge is 2.15. The third kappa shape index (κ3) is 2.10. The largest absolute Gasteiger partial charge is 0.399 e. The first-order valence-corrected chi connectivity index (χ1v) is 6.81. The normalized spacial score (nSPS) is 16.7. The maximum absolute atomic E-state index is 5.85. The summed E-state index contributed by atoms with van der Waals surface area (Å²) in [6, 6.07) is 6.89. The van der Waals surface area contributed by atoms with Crippen molar-refractivity contribution in [2.45, 2.75) is 38.3 Å². The number of benzene rings is 1. The van der Waals surface area contributed by atoms with Crippen molar-refractivity contribution in [3.05, 3.63) is 30.0 Å². The zero-order chi connectivity index (χ0) is 12.5. The molecule has 0 unspecified atom stereocenters. The van der Waals surface area contributed by atoms with Crippen molar-refractivity contribution in [1.29, 1.82) is 0 Å². The van der Waals surface area contributed by atoms with Crippen LogP contribution in [0.2, 0.25) is 0 Å². The standard InChI is InChI=1S/C15H21N3/c1-18-10-11(9-17-13-4-2-3-5-13)14-7-6-12(16)8-15(14)18/h6-8,10,13,17H,2-5,9,16H2,1H3. The molecule has 96 valence electrons. The van der Waals surface area contributed by atoms with Crippen LogP contribution in [0.1, 0.15) is 31.2 Å². The number of nitrogens with two attached hydrogens (primary N) is 1. The van der Waals surface area contributed by atoms with Crippen molar-refractivity contribution < 1.29 is 0 Å². The second-order valence-corrected chi connectivity index (χ2v) is 5.40. The number of aromatic nitrogens is 1. The Hall–Kier alpha value is -1.48. The Bertz CT molecular complexity index is 550. The first-order valence-electron chi connectivity index (χ1n) is 6.81. The molecule has 1 fully saturated rings. The Kier molecular flexibility index (Phi) is 3.00. The molecule has 3 rings (SSSR count). The molecule has 0 bridgehead atoms. The second-order valence-electron chi connectivity index (χ2n) is 5.40. The molecule has 18 heavy (non-hydrogen) atoms. The number of nitrogens with zero attached hydrogens (tertiary/aromatic N) is 1. The molecular formula is C15H21N3. The van der Waals surface area contributed by atoms with Gasteiger partial charge in [-0.3, -0.25) is 0 Å². The lowest BCUT2D eigenvalue weighted by Gasteiger charge is -2.10. The van der Waals surface area contributed by atoms with Crippen molar-refractivity contribution in [2.75, 3.05) is 5.73 Å². The number of nitrogen functional groups attached to an aromatic ring is 1. The highest BCUT2D eigenvalue weighted by Crippen LogP contribution is 2.24. The van der Waals surface area contributed by atoms with Crippen LogP contribution in [0.15, 0.2) is 24.4 Å². The van der Waals surface area contributed by atoms with E-state index in [2.05, 4.69) is 35.3 Å². The fraction of sp³-hybridized carbons (Fsp3) is 0.467. The highest BCUT2D eigenvalue weighted by molar-refractivity contribution is 5.86. The Balaban J connectivity index is 1.83. The first kappa shape index (κ1) is 11.6. The summed E-state index contributed by atoms with van der Waals surface area (Å²) >= 11 is 0. The predicted octanol–water partition coefficient (Wildman–Crippen LogP) is 2.79. The van der Waals surface area contributed by atoms with Crippen LogP contribution in [0.4, 0.5) is 5.69 Å². The minimum atomic E-state index is 0.717. The zero-order valence-corrected chi connectivity index (χ0v) is 10.9. The van der Waals surface area contributed by atoms with Gasteiger partial charge < -0.3 is 15.6 Å². The summed E-state index contributed by atoms with van der Waals surface area (Å²) in [5.74, 6) is 0. The van der Waals surface area contributed by atoms with Crippen LogP contribution in [0, 0.1) is 0 Å². The van der Waals surface area contributed by atoms with Crippen molar-refractivity contribution in [3.8, 4) is 0 Å². The Morgan fingerprint density at radius 1 is 1.33 bits per heavy atom. The van der Waals surface area contributed by atoms with E-state index < -0.39 is 0 Å². The molecule has 3 nitrogen and oxygen atoms in total. The van der Waals surface area contributed by atoms with E-state index in [9.17, 15) is 0 Å². The number of fused-ring (bicyclic) bond motifs is 1. The van der Waals surface area contributed by atoms with Crippen LogP contribution in [0.5, 0.6) is 0 Å². The van der Waals surface area contributed by atoms with Gasteiger partial charge in [-0.1, -0.05) is 18.9 Å². The predicted molar refractivity (Wildman–Crippen MR) is 76.4 cm³/mol. The van der Waals surface area contributed by atoms with E-state index in [0.717, 1.165) is 12.2 Å². The van der Waals surface area contributed by atoms with Gasteiger partial charge in [0, 0.05) is 36.9 Å². The van der Waals surface area contributed by atoms with Crippen LogP contribution in [-0.4, -0.2) is 10.6 Å². The van der Waals surface area contributed by atoms with E-state index >= 15 is 0 Å². The van der Waals surface area contributed by atoms with Crippen LogP contribution in [0.25, 0.3) is 10.9 Å². The summed E-state index contributed by atoms with van der Waals surface area (Å²) in [5.41, 5.74) is 9.27. The molecule has 1 saturated carbocycles. The topological polar surface area (TPSA) is 43.0 Å². The summed E-state index contributed by atoms with van der Waals surface area (Å²) in [6.45, 7) is 0.964. The van der Waals surface area contributed by atoms with Crippen molar-refractivity contribution in [3.63, 3.8) is 0 Å². The number of hydrogen-bond acceptors (Lipinski definition) is 2. The molecule has 2 aromatic rings. The van der Waals surface area contributed by atoms with E-state index in [1.807, 2.05) is 6.07 Å². The smallest absolute Gasteiger partial charge is 0.0501 e. The van der Waals surface area contributed by atoms with Gasteiger partial charge in [0.2, 0.25) is 0 Å². The third-order valence-electron chi connectivity index (χ3n) is 4.03. The van der Waals surface area contributed by atoms with E-state index in [0.29, 0.717) is 6.04 Å². The molecule has 0 saturated heterocycles. The fourth-order valence-electron chi connectivity index (χ4n) is 3.01. The maximum Gasteiger partial charge on any atom is 0.0501 e. The molecule has 1 aliphatic rings. The van der Waals surface area contributed by atoms with Gasteiger partial charge in [-0.15, -0.1) is 0 Å². The number of rotatable bonds is 3. The van der Waals surface area contributed by atoms with Gasteiger partial charge in [0.1, 0.15) is 0 Å². The number of aryl methyl sites for hydroxylation is 1. The Labute approximate surface area is 108 Å². The molecule has 0 aliphatic heterocycles. The Morgan fingerprint density at radius 2 is 2.11 bits per heavy atom. The molecule has 1 heterocycles. The molecule has 0 atom stereocenters. The molecule has 1 aliphatic carbocycles. The van der Waals surface area contributed by atoms with Gasteiger partial charge in [0.05, 0.1) is 5.52 Å². The number of anilines is 1. The van der Waals surface area contributed by atoms with E-state index in [-0.39, 0.29) is 0 Å². The van der Waals surface area contributed by atoms with Crippen LogP contribution in [0.3, 0.4) is 0 Å². The van der Waals surface area contributed by atoms with Crippen molar-refractivity contribution in [2.24, 2.45) is 7.05 Å². The minimum absolute atomic E-state index is 0.717. The molecule has 0 radical (unpaired) electrons. The molecule has 0 spiro atoms. The molecular weight excluding hydrogens is 222 g/mol. The average molecular weight is 243 g/mol. The third-order valence-corrected chi connectivity index (χ3v) is 4.03. The fourth-order valence-corrected chi connectivity index (χ4v) is 3.01. The van der Waals surface area contributed by atoms with Gasteiger partial charge in [0.25, 0.3) is 0 Å². The SMILES string of the molecule is Cn1cc(CNC2CCCC2)c2ccc(N)cc21. The van der Waals surface area contributed by atoms with Gasteiger partial charge >= 0.3 is 0 Å². The lowest BCUT2D eigenvalue weighted by atomic mass is 10.1. The van der Waals surface area contributed by atoms with Gasteiger partial charge in [0.15, 0.2) is 0 Å². The van der Waals surface area contributed by atoms with E-state index in [1.165, 1.54) is 42.1 Å². The summed E-state index contributed by atoms with van der Waals surface area (Å²) in [5, 5.41) is 4.99. The van der Waals surface area contributed by atoms with Crippen molar-refractivity contribution in [1.82, 2.24) is 9.88 Å². The molecule has 3 heteroatoms. The average Bonchev–Trinajstić information content (AvgIpc) is 2.96. The molecule has 3 N–H and O–H groups in total. The zero-order valence-electron chi connectivity index (χ0n) is 10.9. The second kappa shape index (κ2) is 4.65. The van der Waals surface area contributed by atoms with Gasteiger partial charge in [-0.25, -0.2) is 0 Å². The quantitative estimate of drug-likeness (QED) is 0.814. The lowest BCUT2D eigenvalue weighted by molar-refractivity contribution is 0.525. The monoisotopic (exact) mass is 243 g/mol. The van der Waals surface area contributed by atoms with Gasteiger partial charge in [-0.2, -0.15) is 0 Å². The summed E-state index contributed by atoms with van der Waals surface area (Å²) in [7, 11) is 2.08. The number of hydrogen-bond donors (Lipinski definition) is 2. The van der Waals surface area contributed by atoms with Crippen LogP contribution in [-0.2, 0) is 13.6 Å². The van der Waals surface area contributed by atoms with Crippen LogP contribution < -0.4 is 11.1 Å². The lowest BCUT2D eigenvalue weighted by Crippen LogP contribution is -2.25. The molecule has 1 aromatic carbocycles. The minimum Gasteiger partial charge on any atom is -0.399 e. The molecule has 0 amide bonds. The van der Waals surface area contributed by atoms with Crippen molar-refractivity contribution >= 4 is 16.6 Å². The number of nitrogens with one attached hydrogen (secondary N) is 1.